The Morgan fingerprint density at radius 2 is 2.15 bits per heavy atom. The number of hydrogen-bond acceptors (Lipinski definition) is 7. The summed E-state index contributed by atoms with van der Waals surface area (Å²) >= 11 is 6.00. The highest BCUT2D eigenvalue weighted by Crippen LogP contribution is 2.40. The number of aromatic nitrogens is 4. The molecule has 0 aromatic carbocycles. The highest BCUT2D eigenvalue weighted by atomic mass is 35.5. The van der Waals surface area contributed by atoms with Crippen LogP contribution in [-0.4, -0.2) is 57.8 Å². The number of fused-ring (bicyclic) bond motifs is 1. The lowest BCUT2D eigenvalue weighted by Gasteiger charge is -2.34. The van der Waals surface area contributed by atoms with Crippen molar-refractivity contribution in [2.75, 3.05) is 12.3 Å². The lowest BCUT2D eigenvalue weighted by atomic mass is 10.1. The van der Waals surface area contributed by atoms with E-state index >= 15 is 0 Å². The van der Waals surface area contributed by atoms with Gasteiger partial charge in [0.2, 0.25) is 5.28 Å². The Hall–Kier alpha value is -1.26. The lowest BCUT2D eigenvalue weighted by Crippen LogP contribution is -2.45. The van der Waals surface area contributed by atoms with Crippen molar-refractivity contribution in [2.45, 2.75) is 63.4 Å². The Morgan fingerprint density at radius 3 is 2.77 bits per heavy atom. The largest absolute Gasteiger partial charge is 0.390 e. The van der Waals surface area contributed by atoms with E-state index in [4.69, 9.17) is 26.8 Å². The van der Waals surface area contributed by atoms with Gasteiger partial charge in [-0.25, -0.2) is 4.98 Å². The Bertz CT molecular complexity index is 809. The molecule has 1 fully saturated rings. The zero-order valence-corrected chi connectivity index (χ0v) is 17.4. The van der Waals surface area contributed by atoms with E-state index in [1.165, 1.54) is 0 Å². The van der Waals surface area contributed by atoms with E-state index in [0.717, 1.165) is 0 Å². The number of anilines is 1. The van der Waals surface area contributed by atoms with Gasteiger partial charge in [-0.1, -0.05) is 13.1 Å². The minimum Gasteiger partial charge on any atom is -0.390 e. The van der Waals surface area contributed by atoms with Crippen molar-refractivity contribution < 1.29 is 14.6 Å². The molecule has 1 saturated heterocycles. The van der Waals surface area contributed by atoms with Gasteiger partial charge < -0.3 is 20.3 Å². The van der Waals surface area contributed by atoms with Gasteiger partial charge in [-0.3, -0.25) is 4.57 Å². The van der Waals surface area contributed by atoms with Crippen LogP contribution in [-0.2, 0) is 14.8 Å². The van der Waals surface area contributed by atoms with Crippen LogP contribution in [0.4, 0.5) is 5.82 Å². The fourth-order valence-electron chi connectivity index (χ4n) is 3.15. The summed E-state index contributed by atoms with van der Waals surface area (Å²) in [6, 6.07) is 0. The van der Waals surface area contributed by atoms with Crippen molar-refractivity contribution in [3.05, 3.63) is 11.6 Å². The van der Waals surface area contributed by atoms with Crippen LogP contribution < -0.4 is 5.73 Å². The fourth-order valence-corrected chi connectivity index (χ4v) is 4.97. The number of nitrogen functional groups attached to an aromatic ring is 1. The van der Waals surface area contributed by atoms with Crippen LogP contribution in [0.5, 0.6) is 0 Å². The molecule has 1 radical (unpaired) electrons. The molecule has 1 aliphatic heterocycles. The van der Waals surface area contributed by atoms with Gasteiger partial charge in [0.1, 0.15) is 25.8 Å². The summed E-state index contributed by atoms with van der Waals surface area (Å²) in [6.45, 7) is 10.5. The first-order valence-electron chi connectivity index (χ1n) is 8.50. The van der Waals surface area contributed by atoms with Crippen molar-refractivity contribution in [2.24, 2.45) is 0 Å². The molecule has 1 aliphatic rings. The number of ether oxygens (including phenoxy) is 2. The summed E-state index contributed by atoms with van der Waals surface area (Å²) in [5.41, 5.74) is 6.61. The summed E-state index contributed by atoms with van der Waals surface area (Å²) in [7, 11) is -1.09. The van der Waals surface area contributed by atoms with Crippen LogP contribution in [0.2, 0.25) is 18.4 Å². The smallest absolute Gasteiger partial charge is 0.226 e. The topological polar surface area (TPSA) is 108 Å². The summed E-state index contributed by atoms with van der Waals surface area (Å²) in [6.07, 6.45) is 0.994. The molecule has 3 rings (SSSR count). The van der Waals surface area contributed by atoms with Crippen molar-refractivity contribution in [3.8, 4) is 0 Å². The van der Waals surface area contributed by atoms with Gasteiger partial charge >= 0.3 is 0 Å². The van der Waals surface area contributed by atoms with Gasteiger partial charge in [-0.15, -0.1) is 0 Å². The first-order valence-corrected chi connectivity index (χ1v) is 11.4. The number of halogens is 1. The zero-order chi connectivity index (χ0) is 19.3. The molecule has 10 heteroatoms. The molecule has 0 aliphatic carbocycles. The van der Waals surface area contributed by atoms with Gasteiger partial charge in [0, 0.05) is 6.42 Å². The SMILES string of the molecule is C[Si](C)[C@]1(n2cnc3c(N)nc(Cl)nc32)C[C@H](O)[C@@H](COC(C)(C)C)O1. The minimum atomic E-state index is -1.09. The molecule has 26 heavy (non-hydrogen) atoms. The molecule has 3 heterocycles. The first-order chi connectivity index (χ1) is 12.0. The number of hydrogen-bond donors (Lipinski definition) is 2. The van der Waals surface area contributed by atoms with Crippen molar-refractivity contribution in [1.82, 2.24) is 19.5 Å². The Balaban J connectivity index is 2.00. The van der Waals surface area contributed by atoms with Crippen LogP contribution in [0, 0.1) is 0 Å². The highest BCUT2D eigenvalue weighted by molar-refractivity contribution is 6.58. The second-order valence-electron chi connectivity index (χ2n) is 7.80. The molecule has 0 amide bonds. The summed E-state index contributed by atoms with van der Waals surface area (Å²) in [5, 5.41) is 9.97. The van der Waals surface area contributed by atoms with Gasteiger partial charge in [-0.05, 0) is 32.4 Å². The summed E-state index contributed by atoms with van der Waals surface area (Å²) in [5.74, 6) is 0.223. The molecule has 2 aromatic rings. The van der Waals surface area contributed by atoms with Crippen LogP contribution >= 0.6 is 11.6 Å². The van der Waals surface area contributed by atoms with Crippen molar-refractivity contribution in [1.29, 1.82) is 0 Å². The molecule has 2 aromatic heterocycles. The average Bonchev–Trinajstić information content (AvgIpc) is 3.06. The predicted octanol–water partition coefficient (Wildman–Crippen LogP) is 1.97. The Labute approximate surface area is 159 Å². The highest BCUT2D eigenvalue weighted by Gasteiger charge is 2.51. The molecular formula is C16H25ClN5O3Si. The quantitative estimate of drug-likeness (QED) is 0.598. The van der Waals surface area contributed by atoms with Crippen molar-refractivity contribution in [3.63, 3.8) is 0 Å². The molecular weight excluding hydrogens is 374 g/mol. The van der Waals surface area contributed by atoms with Crippen LogP contribution in [0.1, 0.15) is 27.2 Å². The van der Waals surface area contributed by atoms with E-state index in [2.05, 4.69) is 28.0 Å². The first kappa shape index (κ1) is 19.5. The molecule has 0 saturated carbocycles. The van der Waals surface area contributed by atoms with Crippen LogP contribution in [0.25, 0.3) is 11.2 Å². The number of aliphatic hydroxyl groups is 1. The standard InChI is InChI=1S/C16H25ClN5O3Si/c1-15(2,3)24-7-10-9(23)6-16(25-10,26(4)5)22-8-19-11-12(18)20-14(17)21-13(11)22/h8-10,23H,6-7H2,1-5H3,(H2,18,20,21)/t9-,10+,16-/m0/s1. The van der Waals surface area contributed by atoms with Crippen molar-refractivity contribution >= 4 is 37.4 Å². The number of imidazole rings is 1. The molecule has 3 atom stereocenters. The van der Waals surface area contributed by atoms with E-state index < -0.39 is 26.4 Å². The van der Waals surface area contributed by atoms with Gasteiger partial charge in [-0.2, -0.15) is 9.97 Å². The second-order valence-corrected chi connectivity index (χ2v) is 10.9. The average molecular weight is 399 g/mol. The number of nitrogens with two attached hydrogens (primary N) is 1. The second kappa shape index (κ2) is 6.72. The third kappa shape index (κ3) is 3.46. The third-order valence-corrected chi connectivity index (χ3v) is 6.80. The maximum absolute atomic E-state index is 10.6. The maximum atomic E-state index is 10.6. The Kier molecular flexibility index (Phi) is 5.04. The van der Waals surface area contributed by atoms with E-state index in [9.17, 15) is 5.11 Å². The predicted molar refractivity (Wildman–Crippen MR) is 101 cm³/mol. The minimum absolute atomic E-state index is 0.0547. The van der Waals surface area contributed by atoms with Gasteiger partial charge in [0.25, 0.3) is 0 Å². The molecule has 0 bridgehead atoms. The van der Waals surface area contributed by atoms with Crippen LogP contribution in [0.15, 0.2) is 6.33 Å². The van der Waals surface area contributed by atoms with E-state index in [0.29, 0.717) is 24.2 Å². The van der Waals surface area contributed by atoms with E-state index in [-0.39, 0.29) is 16.7 Å². The van der Waals surface area contributed by atoms with E-state index in [1.54, 1.807) is 6.33 Å². The lowest BCUT2D eigenvalue weighted by molar-refractivity contribution is -0.112. The molecule has 8 nitrogen and oxygen atoms in total. The Morgan fingerprint density at radius 1 is 1.46 bits per heavy atom. The molecule has 0 spiro atoms. The van der Waals surface area contributed by atoms with E-state index in [1.807, 2.05) is 25.3 Å². The normalized spacial score (nSPS) is 26.9. The number of nitrogens with zero attached hydrogens (tertiary/aromatic N) is 4. The van der Waals surface area contributed by atoms with Gasteiger partial charge in [0.05, 0.1) is 24.6 Å². The third-order valence-electron chi connectivity index (χ3n) is 4.51. The number of aliphatic hydroxyl groups excluding tert-OH is 1. The number of rotatable bonds is 4. The molecule has 3 N–H and O–H groups in total. The molecule has 0 unspecified atom stereocenters. The maximum Gasteiger partial charge on any atom is 0.226 e. The fraction of sp³-hybridized carbons (Fsp3) is 0.688. The summed E-state index contributed by atoms with van der Waals surface area (Å²) in [4.78, 5) is 12.6. The molecule has 143 valence electrons. The monoisotopic (exact) mass is 398 g/mol. The zero-order valence-electron chi connectivity index (χ0n) is 15.7. The van der Waals surface area contributed by atoms with Gasteiger partial charge in [0.15, 0.2) is 11.5 Å². The summed E-state index contributed by atoms with van der Waals surface area (Å²) < 4.78 is 14.1. The van der Waals surface area contributed by atoms with Crippen LogP contribution in [0.3, 0.4) is 0 Å².